The number of fused-ring (bicyclic) bond motifs is 1. The molecule has 0 saturated heterocycles. The van der Waals surface area contributed by atoms with E-state index in [0.29, 0.717) is 24.3 Å². The van der Waals surface area contributed by atoms with E-state index in [1.165, 1.54) is 24.2 Å². The Kier molecular flexibility index (Phi) is 7.00. The van der Waals surface area contributed by atoms with Gasteiger partial charge in [-0.2, -0.15) is 13.2 Å². The van der Waals surface area contributed by atoms with Gasteiger partial charge < -0.3 is 9.47 Å². The lowest BCUT2D eigenvalue weighted by Gasteiger charge is -2.37. The molecule has 1 amide bonds. The summed E-state index contributed by atoms with van der Waals surface area (Å²) in [6, 6.07) is 5.83. The number of hydrogen-bond acceptors (Lipinski definition) is 6. The first-order valence-corrected chi connectivity index (χ1v) is 12.6. The van der Waals surface area contributed by atoms with Gasteiger partial charge in [-0.05, 0) is 50.7 Å². The van der Waals surface area contributed by atoms with Crippen molar-refractivity contribution in [2.45, 2.75) is 51.9 Å². The lowest BCUT2D eigenvalue weighted by Crippen LogP contribution is -2.48. The molecular formula is C28H25F4N3O4. The zero-order chi connectivity index (χ0) is 27.9. The second-order valence-corrected chi connectivity index (χ2v) is 9.89. The number of anilines is 1. The Hall–Kier alpha value is -4.02. The summed E-state index contributed by atoms with van der Waals surface area (Å²) < 4.78 is 67.7. The maximum absolute atomic E-state index is 15.3. The summed E-state index contributed by atoms with van der Waals surface area (Å²) in [5.41, 5.74) is -0.903. The summed E-state index contributed by atoms with van der Waals surface area (Å²) in [6.45, 7) is 3.62. The number of benzene rings is 1. The predicted octanol–water partition coefficient (Wildman–Crippen LogP) is 6.77. The number of halogens is 4. The SMILES string of the molecule is CC1CCC(C(=O)N2c3cc(F)c(Oc4ncc(-c5cccnc5)cc4C(F)(F)F)cc3C(=O)OC2C)CC1. The highest BCUT2D eigenvalue weighted by Gasteiger charge is 2.40. The van der Waals surface area contributed by atoms with Crippen LogP contribution >= 0.6 is 0 Å². The van der Waals surface area contributed by atoms with Crippen molar-refractivity contribution in [3.63, 3.8) is 0 Å². The number of carbonyl (C=O) groups is 2. The van der Waals surface area contributed by atoms with Gasteiger partial charge in [-0.25, -0.2) is 14.2 Å². The number of aromatic nitrogens is 2. The minimum absolute atomic E-state index is 0.0110. The highest BCUT2D eigenvalue weighted by atomic mass is 19.4. The first kappa shape index (κ1) is 26.6. The van der Waals surface area contributed by atoms with Crippen molar-refractivity contribution in [2.75, 3.05) is 4.90 Å². The molecule has 0 bridgehead atoms. The fraction of sp³-hybridized carbons (Fsp3) is 0.357. The van der Waals surface area contributed by atoms with Crippen LogP contribution in [0.5, 0.6) is 11.6 Å². The van der Waals surface area contributed by atoms with Gasteiger partial charge in [0.1, 0.15) is 5.56 Å². The molecule has 39 heavy (non-hydrogen) atoms. The van der Waals surface area contributed by atoms with Gasteiger partial charge in [-0.15, -0.1) is 0 Å². The number of amides is 1. The highest BCUT2D eigenvalue weighted by Crippen LogP contribution is 2.42. The van der Waals surface area contributed by atoms with Crippen LogP contribution in [0.15, 0.2) is 48.9 Å². The van der Waals surface area contributed by atoms with E-state index in [0.717, 1.165) is 37.2 Å². The Bertz CT molecular complexity index is 1410. The largest absolute Gasteiger partial charge is 0.438 e. The molecule has 2 aliphatic rings. The first-order chi connectivity index (χ1) is 18.5. The molecule has 2 aromatic heterocycles. The van der Waals surface area contributed by atoms with Gasteiger partial charge in [0.05, 0.1) is 11.3 Å². The number of nitrogens with zero attached hydrogens (tertiary/aromatic N) is 3. The van der Waals surface area contributed by atoms with Gasteiger partial charge in [0.25, 0.3) is 0 Å². The van der Waals surface area contributed by atoms with Gasteiger partial charge >= 0.3 is 12.1 Å². The molecule has 1 atom stereocenters. The van der Waals surface area contributed by atoms with Crippen molar-refractivity contribution in [1.29, 1.82) is 0 Å². The Balaban J connectivity index is 1.50. The maximum atomic E-state index is 15.3. The Labute approximate surface area is 221 Å². The predicted molar refractivity (Wildman–Crippen MR) is 132 cm³/mol. The topological polar surface area (TPSA) is 81.6 Å². The van der Waals surface area contributed by atoms with Gasteiger partial charge in [-0.3, -0.25) is 14.7 Å². The molecule has 204 valence electrons. The van der Waals surface area contributed by atoms with E-state index < -0.39 is 41.4 Å². The molecule has 3 heterocycles. The second-order valence-electron chi connectivity index (χ2n) is 9.89. The van der Waals surface area contributed by atoms with Crippen LogP contribution in [0.1, 0.15) is 55.5 Å². The van der Waals surface area contributed by atoms with E-state index in [9.17, 15) is 22.8 Å². The molecule has 1 unspecified atom stereocenters. The summed E-state index contributed by atoms with van der Waals surface area (Å²) in [7, 11) is 0. The fourth-order valence-corrected chi connectivity index (χ4v) is 4.98. The summed E-state index contributed by atoms with van der Waals surface area (Å²) >= 11 is 0. The third-order valence-corrected chi connectivity index (χ3v) is 7.13. The third kappa shape index (κ3) is 5.30. The van der Waals surface area contributed by atoms with Crippen molar-refractivity contribution in [3.8, 4) is 22.8 Å². The average Bonchev–Trinajstić information content (AvgIpc) is 2.90. The van der Waals surface area contributed by atoms with E-state index in [-0.39, 0.29) is 28.6 Å². The van der Waals surface area contributed by atoms with Crippen molar-refractivity contribution in [1.82, 2.24) is 9.97 Å². The number of rotatable bonds is 4. The van der Waals surface area contributed by atoms with Crippen LogP contribution in [-0.4, -0.2) is 28.1 Å². The molecule has 3 aromatic rings. The molecule has 0 spiro atoms. The Morgan fingerprint density at radius 1 is 1.08 bits per heavy atom. The monoisotopic (exact) mass is 543 g/mol. The van der Waals surface area contributed by atoms with Gasteiger partial charge in [0, 0.05) is 47.8 Å². The standard InChI is InChI=1S/C28H25F4N3O4/c1-15-5-7-17(8-6-15)26(36)35-16(2)38-27(37)20-11-24(22(29)12-23(20)35)39-25-21(28(30,31)32)10-19(14-34-25)18-4-3-9-33-13-18/h3-4,9-17H,5-8H2,1-2H3. The van der Waals surface area contributed by atoms with Crippen molar-refractivity contribution >= 4 is 17.6 Å². The summed E-state index contributed by atoms with van der Waals surface area (Å²) in [5, 5.41) is 0. The van der Waals surface area contributed by atoms with Crippen molar-refractivity contribution < 1.29 is 36.6 Å². The summed E-state index contributed by atoms with van der Waals surface area (Å²) in [5.74, 6) is -3.55. The first-order valence-electron chi connectivity index (χ1n) is 12.6. The van der Waals surface area contributed by atoms with Crippen LogP contribution in [0.3, 0.4) is 0 Å². The van der Waals surface area contributed by atoms with E-state index in [4.69, 9.17) is 9.47 Å². The van der Waals surface area contributed by atoms with Gasteiger partial charge in [-0.1, -0.05) is 13.0 Å². The van der Waals surface area contributed by atoms with Gasteiger partial charge in [0.2, 0.25) is 11.8 Å². The molecule has 1 aromatic carbocycles. The molecule has 11 heteroatoms. The number of carbonyl (C=O) groups excluding carboxylic acids is 2. The Morgan fingerprint density at radius 3 is 2.49 bits per heavy atom. The number of esters is 1. The van der Waals surface area contributed by atoms with E-state index in [2.05, 4.69) is 16.9 Å². The van der Waals surface area contributed by atoms with Crippen LogP contribution in [0.4, 0.5) is 23.2 Å². The number of hydrogen-bond donors (Lipinski definition) is 0. The highest BCUT2D eigenvalue weighted by molar-refractivity contribution is 6.06. The third-order valence-electron chi connectivity index (χ3n) is 7.13. The van der Waals surface area contributed by atoms with Crippen LogP contribution in [0.25, 0.3) is 11.1 Å². The second kappa shape index (κ2) is 10.3. The Morgan fingerprint density at radius 2 is 1.82 bits per heavy atom. The fourth-order valence-electron chi connectivity index (χ4n) is 4.98. The van der Waals surface area contributed by atoms with Gasteiger partial charge in [0.15, 0.2) is 17.8 Å². The summed E-state index contributed by atoms with van der Waals surface area (Å²) in [6.07, 6.45) is 1.25. The lowest BCUT2D eigenvalue weighted by molar-refractivity contribution is -0.138. The van der Waals surface area contributed by atoms with Crippen LogP contribution in [0.2, 0.25) is 0 Å². The number of pyridine rings is 2. The molecule has 1 aliphatic heterocycles. The maximum Gasteiger partial charge on any atom is 0.421 e. The molecule has 0 N–H and O–H groups in total. The van der Waals surface area contributed by atoms with E-state index in [1.54, 1.807) is 12.1 Å². The molecule has 5 rings (SSSR count). The molecule has 1 saturated carbocycles. The summed E-state index contributed by atoms with van der Waals surface area (Å²) in [4.78, 5) is 35.0. The minimum atomic E-state index is -4.87. The number of alkyl halides is 3. The molecule has 0 radical (unpaired) electrons. The lowest BCUT2D eigenvalue weighted by atomic mass is 9.82. The smallest absolute Gasteiger partial charge is 0.421 e. The normalized spacial score (nSPS) is 21.2. The van der Waals surface area contributed by atoms with Crippen molar-refractivity contribution in [2.24, 2.45) is 11.8 Å². The van der Waals surface area contributed by atoms with E-state index >= 15 is 4.39 Å². The minimum Gasteiger partial charge on any atom is -0.438 e. The quantitative estimate of drug-likeness (QED) is 0.267. The van der Waals surface area contributed by atoms with Crippen LogP contribution in [0, 0.1) is 17.7 Å². The molecular weight excluding hydrogens is 518 g/mol. The number of ether oxygens (including phenoxy) is 2. The van der Waals surface area contributed by atoms with Crippen LogP contribution in [-0.2, 0) is 15.7 Å². The molecule has 7 nitrogen and oxygen atoms in total. The van der Waals surface area contributed by atoms with Crippen LogP contribution < -0.4 is 9.64 Å². The zero-order valence-corrected chi connectivity index (χ0v) is 21.2. The zero-order valence-electron chi connectivity index (χ0n) is 21.2. The van der Waals surface area contributed by atoms with E-state index in [1.807, 2.05) is 0 Å². The number of cyclic esters (lactones) is 1. The average molecular weight is 544 g/mol. The van der Waals surface area contributed by atoms with Crippen molar-refractivity contribution in [3.05, 3.63) is 65.9 Å². The molecule has 1 fully saturated rings. The molecule has 1 aliphatic carbocycles.